The van der Waals surface area contributed by atoms with Crippen LogP contribution >= 0.6 is 0 Å². The first-order valence-electron chi connectivity index (χ1n) is 8.64. The summed E-state index contributed by atoms with van der Waals surface area (Å²) in [5.41, 5.74) is 7.26. The van der Waals surface area contributed by atoms with Gasteiger partial charge < -0.3 is 9.80 Å². The number of hydrogen-bond donors (Lipinski definition) is 0. The highest BCUT2D eigenvalue weighted by Gasteiger charge is 2.23. The summed E-state index contributed by atoms with van der Waals surface area (Å²) in [5.74, 6) is 0.145. The summed E-state index contributed by atoms with van der Waals surface area (Å²) in [6, 6.07) is 12.3. The van der Waals surface area contributed by atoms with Crippen molar-refractivity contribution in [3.8, 4) is 0 Å². The molecular formula is C21H26N2O. The van der Waals surface area contributed by atoms with E-state index in [-0.39, 0.29) is 5.91 Å². The summed E-state index contributed by atoms with van der Waals surface area (Å²) in [7, 11) is 0. The van der Waals surface area contributed by atoms with E-state index >= 15 is 0 Å². The third-order valence-corrected chi connectivity index (χ3v) is 4.82. The van der Waals surface area contributed by atoms with E-state index in [0.29, 0.717) is 0 Å². The first-order valence-corrected chi connectivity index (χ1v) is 8.64. The fraction of sp³-hybridized carbons (Fsp3) is 0.381. The number of benzene rings is 2. The smallest absolute Gasteiger partial charge is 0.253 e. The van der Waals surface area contributed by atoms with Crippen molar-refractivity contribution in [2.75, 3.05) is 31.1 Å². The standard InChI is InChI=1S/C21H26N2O/c1-15-5-7-19(8-6-15)21(24)23-11-9-22(10-12-23)20-17(3)13-16(2)14-18(20)4/h5-8,13-14H,9-12H2,1-4H3. The molecule has 1 amide bonds. The number of nitrogens with zero attached hydrogens (tertiary/aromatic N) is 2. The second kappa shape index (κ2) is 6.68. The van der Waals surface area contributed by atoms with Crippen molar-refractivity contribution in [2.45, 2.75) is 27.7 Å². The monoisotopic (exact) mass is 322 g/mol. The maximum atomic E-state index is 12.6. The summed E-state index contributed by atoms with van der Waals surface area (Å²) in [6.45, 7) is 11.9. The Morgan fingerprint density at radius 2 is 1.33 bits per heavy atom. The molecule has 24 heavy (non-hydrogen) atoms. The van der Waals surface area contributed by atoms with Crippen LogP contribution in [0.25, 0.3) is 0 Å². The molecule has 3 nitrogen and oxygen atoms in total. The number of carbonyl (C=O) groups excluding carboxylic acids is 1. The summed E-state index contributed by atoms with van der Waals surface area (Å²) >= 11 is 0. The van der Waals surface area contributed by atoms with Crippen molar-refractivity contribution < 1.29 is 4.79 Å². The van der Waals surface area contributed by atoms with E-state index in [1.54, 1.807) is 0 Å². The molecule has 0 aromatic heterocycles. The van der Waals surface area contributed by atoms with Gasteiger partial charge in [0.25, 0.3) is 5.91 Å². The van der Waals surface area contributed by atoms with Gasteiger partial charge in [0.1, 0.15) is 0 Å². The van der Waals surface area contributed by atoms with Crippen LogP contribution in [-0.2, 0) is 0 Å². The van der Waals surface area contributed by atoms with Gasteiger partial charge in [0.15, 0.2) is 0 Å². The molecule has 126 valence electrons. The maximum absolute atomic E-state index is 12.6. The van der Waals surface area contributed by atoms with Gasteiger partial charge in [0, 0.05) is 37.4 Å². The molecule has 3 heteroatoms. The molecule has 0 radical (unpaired) electrons. The van der Waals surface area contributed by atoms with Gasteiger partial charge in [-0.1, -0.05) is 35.4 Å². The maximum Gasteiger partial charge on any atom is 0.253 e. The van der Waals surface area contributed by atoms with Crippen molar-refractivity contribution in [3.63, 3.8) is 0 Å². The minimum absolute atomic E-state index is 0.145. The van der Waals surface area contributed by atoms with Crippen LogP contribution in [-0.4, -0.2) is 37.0 Å². The Bertz CT molecular complexity index is 718. The topological polar surface area (TPSA) is 23.6 Å². The van der Waals surface area contributed by atoms with Gasteiger partial charge in [-0.3, -0.25) is 4.79 Å². The lowest BCUT2D eigenvalue weighted by Gasteiger charge is -2.37. The molecule has 1 heterocycles. The molecule has 1 aliphatic heterocycles. The second-order valence-electron chi connectivity index (χ2n) is 6.89. The van der Waals surface area contributed by atoms with Crippen molar-refractivity contribution in [3.05, 3.63) is 64.2 Å². The number of anilines is 1. The first kappa shape index (κ1) is 16.6. The molecule has 1 saturated heterocycles. The van der Waals surface area contributed by atoms with Crippen LogP contribution in [0.2, 0.25) is 0 Å². The zero-order valence-electron chi connectivity index (χ0n) is 15.1. The summed E-state index contributed by atoms with van der Waals surface area (Å²) in [6.07, 6.45) is 0. The van der Waals surface area contributed by atoms with Crippen molar-refractivity contribution in [1.29, 1.82) is 0 Å². The number of hydrogen-bond acceptors (Lipinski definition) is 2. The van der Waals surface area contributed by atoms with Crippen LogP contribution in [0.1, 0.15) is 32.6 Å². The number of rotatable bonds is 2. The van der Waals surface area contributed by atoms with Crippen LogP contribution in [0.15, 0.2) is 36.4 Å². The zero-order chi connectivity index (χ0) is 17.3. The lowest BCUT2D eigenvalue weighted by Crippen LogP contribution is -2.49. The Hall–Kier alpha value is -2.29. The Labute approximate surface area is 144 Å². The molecule has 1 aliphatic rings. The quantitative estimate of drug-likeness (QED) is 0.837. The van der Waals surface area contributed by atoms with E-state index in [2.05, 4.69) is 37.8 Å². The predicted octanol–water partition coefficient (Wildman–Crippen LogP) is 3.88. The Morgan fingerprint density at radius 3 is 1.88 bits per heavy atom. The third kappa shape index (κ3) is 3.30. The Kier molecular flexibility index (Phi) is 4.61. The Morgan fingerprint density at radius 1 is 0.792 bits per heavy atom. The van der Waals surface area contributed by atoms with E-state index in [4.69, 9.17) is 0 Å². The van der Waals surface area contributed by atoms with Crippen LogP contribution in [0, 0.1) is 27.7 Å². The molecule has 0 unspecified atom stereocenters. The molecule has 0 atom stereocenters. The molecule has 0 N–H and O–H groups in total. The average molecular weight is 322 g/mol. The predicted molar refractivity (Wildman–Crippen MR) is 99.9 cm³/mol. The molecule has 0 spiro atoms. The summed E-state index contributed by atoms with van der Waals surface area (Å²) in [5, 5.41) is 0. The molecule has 3 rings (SSSR count). The van der Waals surface area contributed by atoms with E-state index in [0.717, 1.165) is 31.7 Å². The van der Waals surface area contributed by atoms with E-state index in [1.165, 1.54) is 27.9 Å². The highest BCUT2D eigenvalue weighted by molar-refractivity contribution is 5.94. The summed E-state index contributed by atoms with van der Waals surface area (Å²) < 4.78 is 0. The minimum atomic E-state index is 0.145. The van der Waals surface area contributed by atoms with Crippen molar-refractivity contribution in [1.82, 2.24) is 4.90 Å². The van der Waals surface area contributed by atoms with E-state index in [1.807, 2.05) is 36.1 Å². The molecule has 2 aromatic rings. The largest absolute Gasteiger partial charge is 0.368 e. The lowest BCUT2D eigenvalue weighted by molar-refractivity contribution is 0.0747. The normalized spacial score (nSPS) is 14.8. The molecule has 0 bridgehead atoms. The van der Waals surface area contributed by atoms with E-state index < -0.39 is 0 Å². The van der Waals surface area contributed by atoms with Gasteiger partial charge in [-0.05, 0) is 51.0 Å². The number of carbonyl (C=O) groups is 1. The van der Waals surface area contributed by atoms with E-state index in [9.17, 15) is 4.79 Å². The number of aryl methyl sites for hydroxylation is 4. The van der Waals surface area contributed by atoms with Crippen molar-refractivity contribution in [2.24, 2.45) is 0 Å². The van der Waals surface area contributed by atoms with Crippen LogP contribution < -0.4 is 4.90 Å². The van der Waals surface area contributed by atoms with Crippen LogP contribution in [0.5, 0.6) is 0 Å². The third-order valence-electron chi connectivity index (χ3n) is 4.82. The Balaban J connectivity index is 1.70. The zero-order valence-corrected chi connectivity index (χ0v) is 15.1. The SMILES string of the molecule is Cc1ccc(C(=O)N2CCN(c3c(C)cc(C)cc3C)CC2)cc1. The molecule has 2 aromatic carbocycles. The van der Waals surface area contributed by atoms with Gasteiger partial charge in [-0.25, -0.2) is 0 Å². The minimum Gasteiger partial charge on any atom is -0.368 e. The molecule has 0 aliphatic carbocycles. The first-order chi connectivity index (χ1) is 11.5. The van der Waals surface area contributed by atoms with Gasteiger partial charge in [-0.15, -0.1) is 0 Å². The van der Waals surface area contributed by atoms with Gasteiger partial charge in [0.05, 0.1) is 0 Å². The summed E-state index contributed by atoms with van der Waals surface area (Å²) in [4.78, 5) is 17.0. The molecule has 0 saturated carbocycles. The lowest BCUT2D eigenvalue weighted by atomic mass is 10.0. The second-order valence-corrected chi connectivity index (χ2v) is 6.89. The number of piperazine rings is 1. The fourth-order valence-corrected chi connectivity index (χ4v) is 3.68. The van der Waals surface area contributed by atoms with Gasteiger partial charge in [0.2, 0.25) is 0 Å². The highest BCUT2D eigenvalue weighted by Crippen LogP contribution is 2.27. The van der Waals surface area contributed by atoms with Gasteiger partial charge >= 0.3 is 0 Å². The average Bonchev–Trinajstić information content (AvgIpc) is 2.54. The fourth-order valence-electron chi connectivity index (χ4n) is 3.68. The number of amides is 1. The molecular weight excluding hydrogens is 296 g/mol. The molecule has 1 fully saturated rings. The van der Waals surface area contributed by atoms with Gasteiger partial charge in [-0.2, -0.15) is 0 Å². The van der Waals surface area contributed by atoms with Crippen molar-refractivity contribution >= 4 is 11.6 Å². The van der Waals surface area contributed by atoms with Crippen LogP contribution in [0.3, 0.4) is 0 Å². The van der Waals surface area contributed by atoms with Crippen LogP contribution in [0.4, 0.5) is 5.69 Å². The highest BCUT2D eigenvalue weighted by atomic mass is 16.2.